The van der Waals surface area contributed by atoms with Crippen LogP contribution < -0.4 is 9.64 Å². The molecule has 0 bridgehead atoms. The Hall–Kier alpha value is -2.24. The zero-order chi connectivity index (χ0) is 28.6. The summed E-state index contributed by atoms with van der Waals surface area (Å²) in [4.78, 5) is 16.4. The Labute approximate surface area is 262 Å². The Kier molecular flexibility index (Phi) is 12.8. The summed E-state index contributed by atoms with van der Waals surface area (Å²) in [6.45, 7) is 8.76. The minimum atomic E-state index is 0. The maximum atomic E-state index is 12.2. The number of unbranched alkanes of at least 4 members (excludes halogenated alkanes) is 1. The van der Waals surface area contributed by atoms with Gasteiger partial charge in [-0.1, -0.05) is 65.7 Å². The van der Waals surface area contributed by atoms with Crippen LogP contribution in [0, 0.1) is 0 Å². The molecule has 7 heteroatoms. The lowest BCUT2D eigenvalue weighted by Crippen LogP contribution is -2.32. The molecule has 1 aliphatic heterocycles. The van der Waals surface area contributed by atoms with E-state index in [1.807, 2.05) is 45.2 Å². The van der Waals surface area contributed by atoms with Gasteiger partial charge in [0.2, 0.25) is 5.91 Å². The molecule has 41 heavy (non-hydrogen) atoms. The van der Waals surface area contributed by atoms with Crippen molar-refractivity contribution in [2.24, 2.45) is 0 Å². The summed E-state index contributed by atoms with van der Waals surface area (Å²) >= 11 is 13.4. The number of benzene rings is 3. The molecule has 1 amide bonds. The number of carbonyl (C=O) groups excluding carboxylic acids is 1. The molecule has 0 N–H and O–H groups in total. The van der Waals surface area contributed by atoms with Crippen molar-refractivity contribution in [3.63, 3.8) is 0 Å². The molecular formula is C34H43Cl3N2O2. The number of carbonyl (C=O) groups is 1. The third kappa shape index (κ3) is 8.88. The van der Waals surface area contributed by atoms with Crippen LogP contribution >= 0.6 is 35.6 Å². The second-order valence-corrected chi connectivity index (χ2v) is 12.0. The number of hydrogen-bond donors (Lipinski definition) is 0. The van der Waals surface area contributed by atoms with E-state index in [9.17, 15) is 4.79 Å². The van der Waals surface area contributed by atoms with Crippen LogP contribution in [-0.4, -0.2) is 37.0 Å². The average Bonchev–Trinajstić information content (AvgIpc) is 2.94. The third-order valence-corrected chi connectivity index (χ3v) is 8.71. The molecule has 4 rings (SSSR count). The molecule has 1 saturated heterocycles. The van der Waals surface area contributed by atoms with Crippen molar-refractivity contribution < 1.29 is 9.53 Å². The Morgan fingerprint density at radius 3 is 2.32 bits per heavy atom. The number of halogens is 3. The quantitative estimate of drug-likeness (QED) is 0.201. The van der Waals surface area contributed by atoms with Crippen LogP contribution in [0.2, 0.25) is 10.0 Å². The van der Waals surface area contributed by atoms with Crippen LogP contribution in [0.3, 0.4) is 0 Å². The molecule has 1 fully saturated rings. The van der Waals surface area contributed by atoms with Gasteiger partial charge in [-0.05, 0) is 106 Å². The van der Waals surface area contributed by atoms with Crippen LogP contribution in [0.4, 0.5) is 5.69 Å². The summed E-state index contributed by atoms with van der Waals surface area (Å²) in [7, 11) is 1.83. The first-order chi connectivity index (χ1) is 19.2. The number of amides is 1. The highest BCUT2D eigenvalue weighted by Gasteiger charge is 2.25. The van der Waals surface area contributed by atoms with E-state index in [1.165, 1.54) is 16.7 Å². The number of aryl methyl sites for hydroxylation is 1. The van der Waals surface area contributed by atoms with Gasteiger partial charge in [0.05, 0.1) is 21.8 Å². The van der Waals surface area contributed by atoms with Gasteiger partial charge < -0.3 is 9.64 Å². The second-order valence-electron chi connectivity index (χ2n) is 11.2. The van der Waals surface area contributed by atoms with Crippen molar-refractivity contribution in [2.45, 2.75) is 77.9 Å². The van der Waals surface area contributed by atoms with Gasteiger partial charge in [-0.2, -0.15) is 0 Å². The topological polar surface area (TPSA) is 32.8 Å². The number of rotatable bonds is 11. The SMILES string of the molecule is CC(=O)N(C)c1cccc(OC(C)C)c1CCCCc1ccc(Cl)c(Cl)c1C1CCN(Cc2ccccc2)CC1.Cl. The molecule has 0 aromatic heterocycles. The van der Waals surface area contributed by atoms with Gasteiger partial charge in [0.15, 0.2) is 0 Å². The summed E-state index contributed by atoms with van der Waals surface area (Å²) in [5.74, 6) is 1.29. The van der Waals surface area contributed by atoms with Crippen molar-refractivity contribution in [3.05, 3.63) is 93.0 Å². The predicted molar refractivity (Wildman–Crippen MR) is 175 cm³/mol. The van der Waals surface area contributed by atoms with Gasteiger partial charge in [0.1, 0.15) is 5.75 Å². The van der Waals surface area contributed by atoms with Crippen LogP contribution in [0.15, 0.2) is 60.7 Å². The van der Waals surface area contributed by atoms with Gasteiger partial charge in [-0.25, -0.2) is 0 Å². The van der Waals surface area contributed by atoms with Gasteiger partial charge >= 0.3 is 0 Å². The molecule has 0 spiro atoms. The fourth-order valence-electron chi connectivity index (χ4n) is 5.76. The maximum Gasteiger partial charge on any atom is 0.223 e. The van der Waals surface area contributed by atoms with Crippen molar-refractivity contribution in [3.8, 4) is 5.75 Å². The largest absolute Gasteiger partial charge is 0.491 e. The molecule has 3 aromatic carbocycles. The zero-order valence-corrected chi connectivity index (χ0v) is 27.0. The number of nitrogens with zero attached hydrogens (tertiary/aromatic N) is 2. The normalized spacial score (nSPS) is 14.1. The number of ether oxygens (including phenoxy) is 1. The fraction of sp³-hybridized carbons (Fsp3) is 0.441. The highest BCUT2D eigenvalue weighted by Crippen LogP contribution is 2.40. The van der Waals surface area contributed by atoms with Gasteiger partial charge in [0.25, 0.3) is 0 Å². The molecule has 4 nitrogen and oxygen atoms in total. The minimum Gasteiger partial charge on any atom is -0.491 e. The monoisotopic (exact) mass is 616 g/mol. The first-order valence-corrected chi connectivity index (χ1v) is 15.3. The van der Waals surface area contributed by atoms with E-state index in [0.29, 0.717) is 10.9 Å². The second kappa shape index (κ2) is 15.8. The molecule has 0 unspecified atom stereocenters. The fourth-order valence-corrected chi connectivity index (χ4v) is 6.26. The summed E-state index contributed by atoms with van der Waals surface area (Å²) in [6.07, 6.45) is 6.01. The summed E-state index contributed by atoms with van der Waals surface area (Å²) in [5, 5.41) is 1.37. The van der Waals surface area contributed by atoms with Crippen LogP contribution in [0.5, 0.6) is 5.75 Å². The van der Waals surface area contributed by atoms with E-state index in [-0.39, 0.29) is 24.4 Å². The first kappa shape index (κ1) is 33.3. The Bertz CT molecular complexity index is 1270. The van der Waals surface area contributed by atoms with Crippen molar-refractivity contribution >= 4 is 47.2 Å². The molecule has 1 heterocycles. The minimum absolute atomic E-state index is 0. The maximum absolute atomic E-state index is 12.2. The number of anilines is 1. The number of hydrogen-bond acceptors (Lipinski definition) is 3. The lowest BCUT2D eigenvalue weighted by Gasteiger charge is -2.33. The lowest BCUT2D eigenvalue weighted by molar-refractivity contribution is -0.116. The van der Waals surface area contributed by atoms with E-state index < -0.39 is 0 Å². The van der Waals surface area contributed by atoms with E-state index in [0.717, 1.165) is 80.2 Å². The molecule has 222 valence electrons. The standard InChI is InChI=1S/C34H42Cl2N2O2.ClH/c1-24(2)40-32-16-10-15-31(37(4)25(3)39)29(32)14-9-8-13-27-17-18-30(35)34(36)33(27)28-19-21-38(22-20-28)23-26-11-6-5-7-12-26;/h5-7,10-12,15-18,24,28H,8-9,13-14,19-23H2,1-4H3;1H. The highest BCUT2D eigenvalue weighted by molar-refractivity contribution is 6.42. The van der Waals surface area contributed by atoms with Crippen LogP contribution in [-0.2, 0) is 24.2 Å². The lowest BCUT2D eigenvalue weighted by atomic mass is 9.84. The van der Waals surface area contributed by atoms with E-state index in [1.54, 1.807) is 11.8 Å². The molecule has 0 aliphatic carbocycles. The van der Waals surface area contributed by atoms with E-state index in [2.05, 4.69) is 41.3 Å². The molecule has 1 aliphatic rings. The van der Waals surface area contributed by atoms with Crippen molar-refractivity contribution in [1.29, 1.82) is 0 Å². The van der Waals surface area contributed by atoms with Gasteiger partial charge in [-0.15, -0.1) is 12.4 Å². The molecular weight excluding hydrogens is 575 g/mol. The summed E-state index contributed by atoms with van der Waals surface area (Å²) in [6, 6.07) is 20.8. The number of piperidine rings is 1. The Morgan fingerprint density at radius 2 is 1.66 bits per heavy atom. The van der Waals surface area contributed by atoms with Gasteiger partial charge in [-0.3, -0.25) is 9.69 Å². The van der Waals surface area contributed by atoms with Crippen molar-refractivity contribution in [2.75, 3.05) is 25.0 Å². The third-order valence-electron chi connectivity index (χ3n) is 7.90. The van der Waals surface area contributed by atoms with Crippen LogP contribution in [0.1, 0.15) is 74.6 Å². The summed E-state index contributed by atoms with van der Waals surface area (Å²) < 4.78 is 6.13. The Morgan fingerprint density at radius 1 is 0.976 bits per heavy atom. The molecule has 0 atom stereocenters. The van der Waals surface area contributed by atoms with E-state index >= 15 is 0 Å². The summed E-state index contributed by atoms with van der Waals surface area (Å²) in [5.41, 5.74) is 5.93. The number of likely N-dealkylation sites (tertiary alicyclic amines) is 1. The Balaban J connectivity index is 0.00000462. The molecule has 0 radical (unpaired) electrons. The van der Waals surface area contributed by atoms with Gasteiger partial charge in [0, 0.05) is 26.1 Å². The highest BCUT2D eigenvalue weighted by atomic mass is 35.5. The molecule has 3 aromatic rings. The first-order valence-electron chi connectivity index (χ1n) is 14.5. The molecule has 0 saturated carbocycles. The predicted octanol–water partition coefficient (Wildman–Crippen LogP) is 9.13. The average molecular weight is 618 g/mol. The van der Waals surface area contributed by atoms with Crippen LogP contribution in [0.25, 0.3) is 0 Å². The smallest absolute Gasteiger partial charge is 0.223 e. The van der Waals surface area contributed by atoms with E-state index in [4.69, 9.17) is 27.9 Å². The van der Waals surface area contributed by atoms with Crippen molar-refractivity contribution in [1.82, 2.24) is 4.90 Å². The zero-order valence-electron chi connectivity index (χ0n) is 24.7.